The molecule has 0 bridgehead atoms. The SMILES string of the molecule is O=C(O)[C@H](O)[C@@H](O)[C@H](OC1O[C@H](CO)[C@@H](O)[C@H](O)[C@H]1O)[C@H](O)CO. The van der Waals surface area contributed by atoms with Crippen LogP contribution in [0.2, 0.25) is 0 Å². The molecule has 0 saturated carbocycles. The van der Waals surface area contributed by atoms with Crippen LogP contribution in [0, 0.1) is 0 Å². The van der Waals surface area contributed by atoms with E-state index in [1.165, 1.54) is 0 Å². The van der Waals surface area contributed by atoms with Gasteiger partial charge in [-0.1, -0.05) is 0 Å². The lowest BCUT2D eigenvalue weighted by atomic mass is 9.98. The highest BCUT2D eigenvalue weighted by atomic mass is 16.7. The van der Waals surface area contributed by atoms with Crippen molar-refractivity contribution in [1.82, 2.24) is 0 Å². The summed E-state index contributed by atoms with van der Waals surface area (Å²) in [6.45, 7) is -1.76. The van der Waals surface area contributed by atoms with Gasteiger partial charge >= 0.3 is 5.97 Å². The van der Waals surface area contributed by atoms with Gasteiger partial charge in [-0.3, -0.25) is 0 Å². The molecule has 0 radical (unpaired) electrons. The van der Waals surface area contributed by atoms with Gasteiger partial charge in [0.05, 0.1) is 13.2 Å². The van der Waals surface area contributed by atoms with Crippen LogP contribution < -0.4 is 0 Å². The van der Waals surface area contributed by atoms with Crippen LogP contribution in [0.4, 0.5) is 0 Å². The summed E-state index contributed by atoms with van der Waals surface area (Å²) in [6.07, 6.45) is -16.9. The van der Waals surface area contributed by atoms with Crippen molar-refractivity contribution in [1.29, 1.82) is 0 Å². The molecule has 1 rings (SSSR count). The van der Waals surface area contributed by atoms with E-state index in [9.17, 15) is 35.4 Å². The molecule has 1 saturated heterocycles. The van der Waals surface area contributed by atoms with E-state index < -0.39 is 74.3 Å². The lowest BCUT2D eigenvalue weighted by Crippen LogP contribution is -2.61. The quantitative estimate of drug-likeness (QED) is 0.198. The Morgan fingerprint density at radius 3 is 2.08 bits per heavy atom. The van der Waals surface area contributed by atoms with Gasteiger partial charge in [-0.2, -0.15) is 0 Å². The van der Waals surface area contributed by atoms with Crippen molar-refractivity contribution < 1.29 is 60.2 Å². The van der Waals surface area contributed by atoms with Crippen LogP contribution in [0.25, 0.3) is 0 Å². The highest BCUT2D eigenvalue weighted by Gasteiger charge is 2.47. The molecule has 9 N–H and O–H groups in total. The summed E-state index contributed by atoms with van der Waals surface area (Å²) >= 11 is 0. The third-order valence-electron chi connectivity index (χ3n) is 3.62. The van der Waals surface area contributed by atoms with E-state index in [4.69, 9.17) is 24.8 Å². The van der Waals surface area contributed by atoms with Gasteiger partial charge < -0.3 is 55.4 Å². The van der Waals surface area contributed by atoms with E-state index in [2.05, 4.69) is 0 Å². The molecule has 24 heavy (non-hydrogen) atoms. The second-order valence-electron chi connectivity index (χ2n) is 5.32. The second-order valence-corrected chi connectivity index (χ2v) is 5.32. The summed E-state index contributed by atoms with van der Waals surface area (Å²) in [5.41, 5.74) is 0. The predicted octanol–water partition coefficient (Wildman–Crippen LogP) is -5.67. The largest absolute Gasteiger partial charge is 0.479 e. The van der Waals surface area contributed by atoms with Crippen LogP contribution in [0.5, 0.6) is 0 Å². The number of hydrogen-bond acceptors (Lipinski definition) is 11. The van der Waals surface area contributed by atoms with Crippen molar-refractivity contribution in [2.75, 3.05) is 13.2 Å². The third kappa shape index (κ3) is 4.58. The number of aliphatic hydroxyl groups is 8. The molecule has 1 unspecified atom stereocenters. The molecule has 9 atom stereocenters. The Morgan fingerprint density at radius 1 is 1.04 bits per heavy atom. The number of carboxylic acid groups (broad SMARTS) is 1. The molecule has 0 aliphatic carbocycles. The smallest absolute Gasteiger partial charge is 0.335 e. The van der Waals surface area contributed by atoms with Gasteiger partial charge in [0.25, 0.3) is 0 Å². The van der Waals surface area contributed by atoms with Crippen molar-refractivity contribution in [2.24, 2.45) is 0 Å². The monoisotopic (exact) mass is 358 g/mol. The summed E-state index contributed by atoms with van der Waals surface area (Å²) in [4.78, 5) is 10.7. The second kappa shape index (κ2) is 8.96. The molecule has 0 spiro atoms. The van der Waals surface area contributed by atoms with Crippen LogP contribution in [0.1, 0.15) is 0 Å². The Bertz CT molecular complexity index is 403. The zero-order chi connectivity index (χ0) is 18.6. The molecule has 1 aliphatic heterocycles. The van der Waals surface area contributed by atoms with E-state index in [1.54, 1.807) is 0 Å². The van der Waals surface area contributed by atoms with Gasteiger partial charge in [0.2, 0.25) is 0 Å². The Morgan fingerprint density at radius 2 is 1.62 bits per heavy atom. The lowest BCUT2D eigenvalue weighted by Gasteiger charge is -2.42. The summed E-state index contributed by atoms with van der Waals surface area (Å²) < 4.78 is 9.98. The average molecular weight is 358 g/mol. The number of hydrogen-bond donors (Lipinski definition) is 9. The molecule has 1 aliphatic rings. The highest BCUT2D eigenvalue weighted by molar-refractivity contribution is 5.72. The first-order valence-electron chi connectivity index (χ1n) is 6.99. The van der Waals surface area contributed by atoms with Crippen LogP contribution >= 0.6 is 0 Å². The van der Waals surface area contributed by atoms with Gasteiger partial charge in [0, 0.05) is 0 Å². The lowest BCUT2D eigenvalue weighted by molar-refractivity contribution is -0.326. The van der Waals surface area contributed by atoms with E-state index in [0.29, 0.717) is 0 Å². The van der Waals surface area contributed by atoms with Gasteiger partial charge in [-0.25, -0.2) is 4.79 Å². The van der Waals surface area contributed by atoms with Crippen molar-refractivity contribution in [3.05, 3.63) is 0 Å². The average Bonchev–Trinajstić information content (AvgIpc) is 2.57. The fourth-order valence-corrected chi connectivity index (χ4v) is 2.16. The fourth-order valence-electron chi connectivity index (χ4n) is 2.16. The van der Waals surface area contributed by atoms with E-state index in [0.717, 1.165) is 0 Å². The maximum atomic E-state index is 10.7. The number of aliphatic hydroxyl groups excluding tert-OH is 8. The predicted molar refractivity (Wildman–Crippen MR) is 71.4 cm³/mol. The minimum atomic E-state index is -2.39. The first-order chi connectivity index (χ1) is 11.1. The summed E-state index contributed by atoms with van der Waals surface area (Å²) in [7, 11) is 0. The third-order valence-corrected chi connectivity index (χ3v) is 3.62. The maximum Gasteiger partial charge on any atom is 0.335 e. The molecule has 12 heteroatoms. The molecule has 142 valence electrons. The first-order valence-corrected chi connectivity index (χ1v) is 6.99. The highest BCUT2D eigenvalue weighted by Crippen LogP contribution is 2.24. The summed E-state index contributed by atoms with van der Waals surface area (Å²) in [6, 6.07) is 0. The minimum Gasteiger partial charge on any atom is -0.479 e. The number of carboxylic acids is 1. The Labute approximate surface area is 135 Å². The summed E-state index contributed by atoms with van der Waals surface area (Å²) in [5.74, 6) is -1.84. The number of rotatable bonds is 8. The molecule has 0 aromatic carbocycles. The zero-order valence-electron chi connectivity index (χ0n) is 12.4. The van der Waals surface area contributed by atoms with Crippen molar-refractivity contribution in [3.8, 4) is 0 Å². The van der Waals surface area contributed by atoms with Crippen LogP contribution in [-0.2, 0) is 14.3 Å². The van der Waals surface area contributed by atoms with Gasteiger partial charge in [0.15, 0.2) is 12.4 Å². The molecule has 0 aromatic rings. The molecule has 1 heterocycles. The Kier molecular flexibility index (Phi) is 7.88. The maximum absolute atomic E-state index is 10.7. The molecular weight excluding hydrogens is 336 g/mol. The normalized spacial score (nSPS) is 35.9. The standard InChI is InChI=1S/C12H22O12/c13-1-3(15)10(7(18)8(19)11(21)22)24-12-9(20)6(17)5(16)4(2-14)23-12/h3-10,12-20H,1-2H2,(H,21,22)/t3-,4-,5-,6+,7-,8-,9-,10-,12?/m1/s1. The van der Waals surface area contributed by atoms with Crippen molar-refractivity contribution >= 4 is 5.97 Å². The first kappa shape index (κ1) is 21.1. The van der Waals surface area contributed by atoms with Gasteiger partial charge in [-0.15, -0.1) is 0 Å². The number of ether oxygens (including phenoxy) is 2. The topological polar surface area (TPSA) is 218 Å². The number of carbonyl (C=O) groups is 1. The Balaban J connectivity index is 2.94. The van der Waals surface area contributed by atoms with Crippen LogP contribution in [0.3, 0.4) is 0 Å². The zero-order valence-corrected chi connectivity index (χ0v) is 12.4. The van der Waals surface area contributed by atoms with Gasteiger partial charge in [-0.05, 0) is 0 Å². The van der Waals surface area contributed by atoms with E-state index in [-0.39, 0.29) is 0 Å². The molecular formula is C12H22O12. The number of aliphatic carboxylic acids is 1. The van der Waals surface area contributed by atoms with Crippen LogP contribution in [0.15, 0.2) is 0 Å². The Hall–Kier alpha value is -0.930. The van der Waals surface area contributed by atoms with E-state index >= 15 is 0 Å². The minimum absolute atomic E-state index is 0.766. The molecule has 0 amide bonds. The van der Waals surface area contributed by atoms with Crippen LogP contribution in [-0.4, -0.2) is 120 Å². The van der Waals surface area contributed by atoms with Crippen molar-refractivity contribution in [2.45, 2.75) is 55.1 Å². The molecule has 12 nitrogen and oxygen atoms in total. The van der Waals surface area contributed by atoms with Gasteiger partial charge in [0.1, 0.15) is 42.7 Å². The summed E-state index contributed by atoms with van der Waals surface area (Å²) in [5, 5.41) is 84.5. The van der Waals surface area contributed by atoms with E-state index in [1.807, 2.05) is 0 Å². The molecule has 1 fully saturated rings. The fraction of sp³-hybridized carbons (Fsp3) is 0.917. The molecule has 0 aromatic heterocycles. The van der Waals surface area contributed by atoms with Crippen molar-refractivity contribution in [3.63, 3.8) is 0 Å².